The van der Waals surface area contributed by atoms with Crippen molar-refractivity contribution in [3.63, 3.8) is 0 Å². The quantitative estimate of drug-likeness (QED) is 0.532. The molecule has 3 nitrogen and oxygen atoms in total. The molecule has 3 aromatic carbocycles. The Morgan fingerprint density at radius 3 is 1.59 bits per heavy atom. The van der Waals surface area contributed by atoms with E-state index >= 15 is 0 Å². The van der Waals surface area contributed by atoms with Crippen molar-refractivity contribution >= 4 is 0 Å². The van der Waals surface area contributed by atoms with Crippen LogP contribution in [-0.4, -0.2) is 7.11 Å². The van der Waals surface area contributed by atoms with Gasteiger partial charge in [-0.3, -0.25) is 0 Å². The molecule has 0 spiro atoms. The molecule has 0 atom stereocenters. The number of benzene rings is 3. The summed E-state index contributed by atoms with van der Waals surface area (Å²) in [6.07, 6.45) is 2.06. The molecule has 4 rings (SSSR count). The van der Waals surface area contributed by atoms with Crippen LogP contribution in [0.2, 0.25) is 0 Å². The average molecular weight is 360 g/mol. The van der Waals surface area contributed by atoms with Crippen molar-refractivity contribution < 1.29 is 14.2 Å². The van der Waals surface area contributed by atoms with Crippen LogP contribution in [0.15, 0.2) is 78.9 Å². The van der Waals surface area contributed by atoms with Crippen LogP contribution >= 0.6 is 0 Å². The van der Waals surface area contributed by atoms with E-state index in [-0.39, 0.29) is 5.60 Å². The van der Waals surface area contributed by atoms with Gasteiger partial charge in [-0.1, -0.05) is 60.7 Å². The van der Waals surface area contributed by atoms with Gasteiger partial charge in [0.25, 0.3) is 0 Å². The van der Waals surface area contributed by atoms with E-state index in [9.17, 15) is 0 Å². The molecule has 0 aromatic heterocycles. The highest BCUT2D eigenvalue weighted by atomic mass is 16.5. The van der Waals surface area contributed by atoms with Crippen molar-refractivity contribution in [3.8, 4) is 11.5 Å². The number of methoxy groups -OCH3 is 1. The Kier molecular flexibility index (Phi) is 5.12. The minimum atomic E-state index is -0.184. The highest BCUT2D eigenvalue weighted by Gasteiger charge is 2.45. The van der Waals surface area contributed by atoms with Gasteiger partial charge in [-0.2, -0.15) is 0 Å². The van der Waals surface area contributed by atoms with Gasteiger partial charge in [-0.25, -0.2) is 0 Å². The monoisotopic (exact) mass is 360 g/mol. The van der Waals surface area contributed by atoms with Gasteiger partial charge in [0.15, 0.2) is 0 Å². The molecular weight excluding hydrogens is 336 g/mol. The van der Waals surface area contributed by atoms with Crippen LogP contribution in [0.25, 0.3) is 0 Å². The summed E-state index contributed by atoms with van der Waals surface area (Å²) in [5.74, 6) is 1.62. The third kappa shape index (κ3) is 4.32. The van der Waals surface area contributed by atoms with Crippen molar-refractivity contribution in [1.82, 2.24) is 0 Å². The van der Waals surface area contributed by atoms with Crippen LogP contribution in [0.1, 0.15) is 29.5 Å². The Morgan fingerprint density at radius 2 is 1.19 bits per heavy atom. The number of hydrogen-bond donors (Lipinski definition) is 0. The van der Waals surface area contributed by atoms with Crippen molar-refractivity contribution in [2.24, 2.45) is 0 Å². The van der Waals surface area contributed by atoms with E-state index in [0.717, 1.165) is 41.0 Å². The van der Waals surface area contributed by atoms with E-state index in [2.05, 4.69) is 36.4 Å². The Bertz CT molecular complexity index is 809. The van der Waals surface area contributed by atoms with Crippen LogP contribution in [-0.2, 0) is 23.6 Å². The fraction of sp³-hybridized carbons (Fsp3) is 0.250. The van der Waals surface area contributed by atoms with E-state index in [0.29, 0.717) is 13.2 Å². The third-order valence-corrected chi connectivity index (χ3v) is 5.00. The summed E-state index contributed by atoms with van der Waals surface area (Å²) in [5, 5.41) is 0. The summed E-state index contributed by atoms with van der Waals surface area (Å²) in [7, 11) is 1.77. The smallest absolute Gasteiger partial charge is 0.123 e. The van der Waals surface area contributed by atoms with Crippen molar-refractivity contribution in [3.05, 3.63) is 95.6 Å². The summed E-state index contributed by atoms with van der Waals surface area (Å²) < 4.78 is 17.9. The zero-order chi connectivity index (χ0) is 18.5. The van der Waals surface area contributed by atoms with Gasteiger partial charge < -0.3 is 14.2 Å². The first-order chi connectivity index (χ1) is 13.3. The minimum absolute atomic E-state index is 0.184. The minimum Gasteiger partial charge on any atom is -0.489 e. The van der Waals surface area contributed by atoms with Gasteiger partial charge in [0.1, 0.15) is 24.7 Å². The van der Waals surface area contributed by atoms with Gasteiger partial charge in [0.2, 0.25) is 0 Å². The summed E-state index contributed by atoms with van der Waals surface area (Å²) in [6, 6.07) is 26.5. The molecule has 0 saturated heterocycles. The predicted molar refractivity (Wildman–Crippen MR) is 106 cm³/mol. The van der Waals surface area contributed by atoms with Crippen molar-refractivity contribution in [1.29, 1.82) is 0 Å². The van der Waals surface area contributed by atoms with Crippen LogP contribution in [0, 0.1) is 0 Å². The van der Waals surface area contributed by atoms with E-state index < -0.39 is 0 Å². The third-order valence-electron chi connectivity index (χ3n) is 5.00. The summed E-state index contributed by atoms with van der Waals surface area (Å²) in [6.45, 7) is 1.06. The van der Waals surface area contributed by atoms with Crippen LogP contribution in [0.5, 0.6) is 11.5 Å². The summed E-state index contributed by atoms with van der Waals surface area (Å²) in [5.41, 5.74) is 3.22. The normalized spacial score (nSPS) is 14.6. The molecule has 0 amide bonds. The van der Waals surface area contributed by atoms with E-state index in [1.807, 2.05) is 42.5 Å². The lowest BCUT2D eigenvalue weighted by Gasteiger charge is -2.18. The predicted octanol–water partition coefficient (Wildman–Crippen LogP) is 5.48. The molecule has 27 heavy (non-hydrogen) atoms. The molecule has 0 bridgehead atoms. The largest absolute Gasteiger partial charge is 0.489 e. The van der Waals surface area contributed by atoms with Gasteiger partial charge in [-0.15, -0.1) is 0 Å². The zero-order valence-corrected chi connectivity index (χ0v) is 15.6. The Balaban J connectivity index is 1.53. The first-order valence-corrected chi connectivity index (χ1v) is 9.32. The molecule has 1 aliphatic rings. The Hall–Kier alpha value is -2.78. The van der Waals surface area contributed by atoms with Crippen molar-refractivity contribution in [2.45, 2.75) is 31.7 Å². The summed E-state index contributed by atoms with van der Waals surface area (Å²) >= 11 is 0. The number of rotatable bonds is 8. The van der Waals surface area contributed by atoms with Crippen molar-refractivity contribution in [2.75, 3.05) is 7.11 Å². The fourth-order valence-corrected chi connectivity index (χ4v) is 3.21. The molecule has 0 heterocycles. The standard InChI is InChI=1S/C24H24O3/c1-25-24(12-13-24)21-14-22(26-17-19-8-4-2-5-9-19)16-23(15-21)27-18-20-10-6-3-7-11-20/h2-11,14-16H,12-13,17-18H2,1H3. The molecule has 0 aliphatic heterocycles. The fourth-order valence-electron chi connectivity index (χ4n) is 3.21. The summed E-state index contributed by atoms with van der Waals surface area (Å²) in [4.78, 5) is 0. The Morgan fingerprint density at radius 1 is 0.704 bits per heavy atom. The molecule has 3 heteroatoms. The molecule has 0 unspecified atom stereocenters. The lowest BCUT2D eigenvalue weighted by atomic mass is 10.1. The number of ether oxygens (including phenoxy) is 3. The van der Waals surface area contributed by atoms with Crippen LogP contribution < -0.4 is 9.47 Å². The molecule has 138 valence electrons. The van der Waals surface area contributed by atoms with Gasteiger partial charge in [-0.05, 0) is 41.7 Å². The van der Waals surface area contributed by atoms with Crippen LogP contribution in [0.4, 0.5) is 0 Å². The maximum Gasteiger partial charge on any atom is 0.123 e. The first-order valence-electron chi connectivity index (χ1n) is 9.32. The molecule has 1 aliphatic carbocycles. The van der Waals surface area contributed by atoms with Crippen LogP contribution in [0.3, 0.4) is 0 Å². The van der Waals surface area contributed by atoms with E-state index in [1.165, 1.54) is 0 Å². The number of hydrogen-bond acceptors (Lipinski definition) is 3. The highest BCUT2D eigenvalue weighted by Crippen LogP contribution is 2.50. The molecule has 3 aromatic rings. The molecular formula is C24H24O3. The second kappa shape index (κ2) is 7.85. The van der Waals surface area contributed by atoms with Gasteiger partial charge in [0.05, 0.1) is 5.60 Å². The average Bonchev–Trinajstić information content (AvgIpc) is 3.54. The SMILES string of the molecule is COC1(c2cc(OCc3ccccc3)cc(OCc3ccccc3)c2)CC1. The molecule has 0 radical (unpaired) electrons. The van der Waals surface area contributed by atoms with Gasteiger partial charge in [0, 0.05) is 13.2 Å². The topological polar surface area (TPSA) is 27.7 Å². The second-order valence-corrected chi connectivity index (χ2v) is 6.94. The second-order valence-electron chi connectivity index (χ2n) is 6.94. The molecule has 1 saturated carbocycles. The molecule has 1 fully saturated rings. The zero-order valence-electron chi connectivity index (χ0n) is 15.6. The maximum absolute atomic E-state index is 6.06. The highest BCUT2D eigenvalue weighted by molar-refractivity contribution is 5.43. The Labute approximate surface area is 160 Å². The van der Waals surface area contributed by atoms with Gasteiger partial charge >= 0.3 is 0 Å². The lowest BCUT2D eigenvalue weighted by molar-refractivity contribution is 0.0783. The maximum atomic E-state index is 6.06. The lowest BCUT2D eigenvalue weighted by Crippen LogP contribution is -2.10. The molecule has 0 N–H and O–H groups in total. The first kappa shape index (κ1) is 17.6. The van der Waals surface area contributed by atoms with E-state index in [4.69, 9.17) is 14.2 Å². The van der Waals surface area contributed by atoms with E-state index in [1.54, 1.807) is 7.11 Å².